The molecule has 1 aliphatic carbocycles. The van der Waals surface area contributed by atoms with Crippen LogP contribution in [0.5, 0.6) is 0 Å². The van der Waals surface area contributed by atoms with Crippen molar-refractivity contribution in [2.75, 3.05) is 0 Å². The smallest absolute Gasteiger partial charge is 0.295 e. The van der Waals surface area contributed by atoms with Crippen LogP contribution >= 0.6 is 0 Å². The molecule has 0 spiro atoms. The molecule has 1 aromatic carbocycles. The summed E-state index contributed by atoms with van der Waals surface area (Å²) in [5.74, 6) is 1.04. The lowest BCUT2D eigenvalue weighted by molar-refractivity contribution is -0.521. The van der Waals surface area contributed by atoms with Gasteiger partial charge >= 0.3 is 0 Å². The predicted molar refractivity (Wildman–Crippen MR) is 83.5 cm³/mol. The minimum absolute atomic E-state index is 0.169. The zero-order chi connectivity index (χ0) is 15.8. The van der Waals surface area contributed by atoms with Crippen LogP contribution in [0.3, 0.4) is 0 Å². The highest BCUT2D eigenvalue weighted by Crippen LogP contribution is 2.37. The third-order valence-electron chi connectivity index (χ3n) is 4.22. The lowest BCUT2D eigenvalue weighted by Crippen LogP contribution is -2.26. The quantitative estimate of drug-likeness (QED) is 0.715. The minimum Gasteiger partial charge on any atom is -0.345 e. The SMILES string of the molecule is O=C(NCc1ccccc1F)c1[nH]c(C2CC2)[n+]2ccccc12. The maximum Gasteiger partial charge on any atom is 0.295 e. The van der Waals surface area contributed by atoms with Crippen molar-refractivity contribution in [1.29, 1.82) is 0 Å². The fourth-order valence-corrected chi connectivity index (χ4v) is 2.84. The van der Waals surface area contributed by atoms with E-state index >= 15 is 0 Å². The number of nitrogens with zero attached hydrogens (tertiary/aromatic N) is 1. The molecule has 1 fully saturated rings. The molecule has 1 aliphatic rings. The number of H-pyrrole nitrogens is 1. The molecule has 0 unspecified atom stereocenters. The Kier molecular flexibility index (Phi) is 3.33. The highest BCUT2D eigenvalue weighted by Gasteiger charge is 2.35. The molecule has 0 atom stereocenters. The molecule has 116 valence electrons. The Bertz CT molecular complexity index is 883. The van der Waals surface area contributed by atoms with Crippen LogP contribution in [0.4, 0.5) is 4.39 Å². The van der Waals surface area contributed by atoms with Gasteiger partial charge in [0, 0.05) is 12.1 Å². The summed E-state index contributed by atoms with van der Waals surface area (Å²) < 4.78 is 15.7. The number of imidazole rings is 1. The summed E-state index contributed by atoms with van der Waals surface area (Å²) >= 11 is 0. The molecule has 2 N–H and O–H groups in total. The van der Waals surface area contributed by atoms with Gasteiger partial charge in [-0.1, -0.05) is 24.3 Å². The average molecular weight is 310 g/mol. The molecule has 1 amide bonds. The summed E-state index contributed by atoms with van der Waals surface area (Å²) in [7, 11) is 0. The molecule has 4 nitrogen and oxygen atoms in total. The molecule has 0 radical (unpaired) electrons. The second-order valence-electron chi connectivity index (χ2n) is 5.89. The number of amides is 1. The molecule has 0 aliphatic heterocycles. The zero-order valence-electron chi connectivity index (χ0n) is 12.6. The first-order valence-corrected chi connectivity index (χ1v) is 7.78. The summed E-state index contributed by atoms with van der Waals surface area (Å²) in [5.41, 5.74) is 1.86. The van der Waals surface area contributed by atoms with Crippen LogP contribution < -0.4 is 9.72 Å². The summed E-state index contributed by atoms with van der Waals surface area (Å²) in [6, 6.07) is 12.2. The second kappa shape index (κ2) is 5.50. The second-order valence-corrected chi connectivity index (χ2v) is 5.89. The van der Waals surface area contributed by atoms with Gasteiger partial charge in [0.25, 0.3) is 11.7 Å². The maximum atomic E-state index is 13.7. The molecule has 4 rings (SSSR count). The van der Waals surface area contributed by atoms with Crippen molar-refractivity contribution in [3.8, 4) is 0 Å². The van der Waals surface area contributed by atoms with Gasteiger partial charge in [0.05, 0.1) is 12.1 Å². The van der Waals surface area contributed by atoms with Crippen LogP contribution in [0.25, 0.3) is 5.52 Å². The van der Waals surface area contributed by atoms with E-state index in [4.69, 9.17) is 0 Å². The number of halogens is 1. The Hall–Kier alpha value is -2.69. The van der Waals surface area contributed by atoms with Crippen LogP contribution in [0.15, 0.2) is 48.7 Å². The van der Waals surface area contributed by atoms with Crippen LogP contribution in [-0.4, -0.2) is 10.9 Å². The van der Waals surface area contributed by atoms with Crippen molar-refractivity contribution in [3.63, 3.8) is 0 Å². The van der Waals surface area contributed by atoms with Gasteiger partial charge < -0.3 is 5.32 Å². The Labute approximate surface area is 133 Å². The standard InChI is InChI=1S/C18H16FN3O/c19-14-6-2-1-5-13(14)11-20-18(23)16-15-7-3-4-10-22(15)17(21-16)12-8-9-12/h1-7,10,12H,8-9,11H2,(H,20,23)/p+1. The molecular weight excluding hydrogens is 293 g/mol. The summed E-state index contributed by atoms with van der Waals surface area (Å²) in [6.07, 6.45) is 4.26. The number of fused-ring (bicyclic) bond motifs is 1. The van der Waals surface area contributed by atoms with Crippen molar-refractivity contribution >= 4 is 11.4 Å². The molecule has 0 bridgehead atoms. The average Bonchev–Trinajstić information content (AvgIpc) is 3.34. The highest BCUT2D eigenvalue weighted by molar-refractivity contribution is 5.97. The number of pyridine rings is 1. The van der Waals surface area contributed by atoms with E-state index in [1.54, 1.807) is 18.2 Å². The predicted octanol–water partition coefficient (Wildman–Crippen LogP) is 2.70. The van der Waals surface area contributed by atoms with Crippen molar-refractivity contribution in [1.82, 2.24) is 10.3 Å². The molecule has 3 aromatic rings. The molecule has 0 saturated heterocycles. The number of benzene rings is 1. The Morgan fingerprint density at radius 1 is 1.22 bits per heavy atom. The van der Waals surface area contributed by atoms with E-state index in [1.807, 2.05) is 28.8 Å². The van der Waals surface area contributed by atoms with Crippen LogP contribution in [0, 0.1) is 5.82 Å². The fraction of sp³-hybridized carbons (Fsp3) is 0.222. The molecule has 5 heteroatoms. The van der Waals surface area contributed by atoms with Crippen LogP contribution in [0.1, 0.15) is 40.6 Å². The molecule has 2 heterocycles. The monoisotopic (exact) mass is 310 g/mol. The number of carbonyl (C=O) groups excluding carboxylic acids is 1. The van der Waals surface area contributed by atoms with E-state index in [9.17, 15) is 9.18 Å². The summed E-state index contributed by atoms with van der Waals surface area (Å²) in [5, 5.41) is 2.80. The fourth-order valence-electron chi connectivity index (χ4n) is 2.84. The Morgan fingerprint density at radius 2 is 2.00 bits per heavy atom. The number of hydrogen-bond donors (Lipinski definition) is 2. The molecular formula is C18H17FN3O+. The lowest BCUT2D eigenvalue weighted by atomic mass is 10.2. The van der Waals surface area contributed by atoms with Gasteiger partial charge in [0.2, 0.25) is 5.69 Å². The van der Waals surface area contributed by atoms with Crippen molar-refractivity contribution in [2.24, 2.45) is 0 Å². The van der Waals surface area contributed by atoms with Gasteiger partial charge in [-0.2, -0.15) is 4.40 Å². The van der Waals surface area contributed by atoms with E-state index in [1.165, 1.54) is 6.07 Å². The van der Waals surface area contributed by atoms with Gasteiger partial charge in [-0.05, 0) is 31.0 Å². The molecule has 23 heavy (non-hydrogen) atoms. The third-order valence-corrected chi connectivity index (χ3v) is 4.22. The van der Waals surface area contributed by atoms with Crippen LogP contribution in [-0.2, 0) is 6.54 Å². The molecule has 1 saturated carbocycles. The summed E-state index contributed by atoms with van der Waals surface area (Å²) in [6.45, 7) is 0.169. The largest absolute Gasteiger partial charge is 0.345 e. The van der Waals surface area contributed by atoms with Gasteiger partial charge in [-0.15, -0.1) is 0 Å². The first-order chi connectivity index (χ1) is 11.2. The van der Waals surface area contributed by atoms with Crippen molar-refractivity contribution in [2.45, 2.75) is 25.3 Å². The van der Waals surface area contributed by atoms with Gasteiger partial charge in [-0.3, -0.25) is 4.79 Å². The van der Waals surface area contributed by atoms with Gasteiger partial charge in [0.15, 0.2) is 5.52 Å². The van der Waals surface area contributed by atoms with Crippen molar-refractivity contribution < 1.29 is 13.6 Å². The number of aromatic amines is 1. The van der Waals surface area contributed by atoms with E-state index in [0.717, 1.165) is 24.2 Å². The van der Waals surface area contributed by atoms with E-state index in [2.05, 4.69) is 10.3 Å². The van der Waals surface area contributed by atoms with Gasteiger partial charge in [-0.25, -0.2) is 9.37 Å². The summed E-state index contributed by atoms with van der Waals surface area (Å²) in [4.78, 5) is 15.8. The topological polar surface area (TPSA) is 49.0 Å². The highest BCUT2D eigenvalue weighted by atomic mass is 19.1. The first kappa shape index (κ1) is 13.9. The maximum absolute atomic E-state index is 13.7. The van der Waals surface area contributed by atoms with Crippen LogP contribution in [0.2, 0.25) is 0 Å². The zero-order valence-corrected chi connectivity index (χ0v) is 12.6. The van der Waals surface area contributed by atoms with Crippen molar-refractivity contribution in [3.05, 3.63) is 71.6 Å². The third kappa shape index (κ3) is 2.59. The number of carbonyl (C=O) groups is 1. The minimum atomic E-state index is -0.308. The van der Waals surface area contributed by atoms with E-state index in [0.29, 0.717) is 17.2 Å². The molecule has 2 aromatic heterocycles. The number of hydrogen-bond acceptors (Lipinski definition) is 1. The Morgan fingerprint density at radius 3 is 2.78 bits per heavy atom. The van der Waals surface area contributed by atoms with Gasteiger partial charge in [0.1, 0.15) is 5.82 Å². The number of nitrogens with one attached hydrogen (secondary N) is 2. The lowest BCUT2D eigenvalue weighted by Gasteiger charge is -2.03. The van der Waals surface area contributed by atoms with E-state index < -0.39 is 0 Å². The number of rotatable bonds is 4. The Balaban J connectivity index is 1.61. The van der Waals surface area contributed by atoms with E-state index in [-0.39, 0.29) is 18.3 Å². The number of aromatic nitrogens is 2. The normalized spacial score (nSPS) is 14.1. The first-order valence-electron chi connectivity index (χ1n) is 7.78.